The fourth-order valence-electron chi connectivity index (χ4n) is 3.72. The van der Waals surface area contributed by atoms with Crippen molar-refractivity contribution < 1.29 is 9.53 Å². The number of hydrogen-bond acceptors (Lipinski definition) is 3. The molecule has 1 aliphatic rings. The van der Waals surface area contributed by atoms with Crippen LogP contribution < -0.4 is 4.90 Å². The van der Waals surface area contributed by atoms with Gasteiger partial charge in [-0.25, -0.2) is 4.79 Å². The Bertz CT molecular complexity index is 1020. The second-order valence-corrected chi connectivity index (χ2v) is 8.35. The Balaban J connectivity index is 1.68. The molecule has 0 aliphatic carbocycles. The van der Waals surface area contributed by atoms with Crippen molar-refractivity contribution in [1.82, 2.24) is 9.47 Å². The number of anilines is 2. The summed E-state index contributed by atoms with van der Waals surface area (Å²) in [6.45, 7) is 7.58. The zero-order valence-electron chi connectivity index (χ0n) is 17.0. The van der Waals surface area contributed by atoms with Gasteiger partial charge in [0.25, 0.3) is 0 Å². The van der Waals surface area contributed by atoms with Crippen molar-refractivity contribution in [3.8, 4) is 0 Å². The molecular weight excluding hydrogens is 350 g/mol. The molecule has 0 saturated heterocycles. The van der Waals surface area contributed by atoms with Gasteiger partial charge in [0.05, 0.1) is 6.54 Å². The fraction of sp³-hybridized carbons (Fsp3) is 0.348. The molecule has 0 bridgehead atoms. The normalized spacial score (nSPS) is 14.7. The summed E-state index contributed by atoms with van der Waals surface area (Å²) in [6.07, 6.45) is 1.82. The standard InChI is InChI=1S/C23H27N3O2/c1-23(2,3)28-22(27)25-13-14-26(21-8-6-5-7-18(21)16-25)19-9-10-20-17(15-19)11-12-24(20)4/h5-12,15H,13-14,16H2,1-4H3. The summed E-state index contributed by atoms with van der Waals surface area (Å²) in [5, 5.41) is 1.21. The van der Waals surface area contributed by atoms with E-state index in [9.17, 15) is 4.79 Å². The lowest BCUT2D eigenvalue weighted by molar-refractivity contribution is 0.0244. The highest BCUT2D eigenvalue weighted by atomic mass is 16.6. The molecule has 2 aromatic carbocycles. The molecule has 2 heterocycles. The summed E-state index contributed by atoms with van der Waals surface area (Å²) in [5.74, 6) is 0. The maximum Gasteiger partial charge on any atom is 0.410 e. The summed E-state index contributed by atoms with van der Waals surface area (Å²) >= 11 is 0. The molecule has 0 spiro atoms. The third-order valence-electron chi connectivity index (χ3n) is 5.07. The predicted octanol–water partition coefficient (Wildman–Crippen LogP) is 5.07. The minimum Gasteiger partial charge on any atom is -0.444 e. The van der Waals surface area contributed by atoms with Crippen LogP contribution in [0, 0.1) is 0 Å². The largest absolute Gasteiger partial charge is 0.444 e. The second-order valence-electron chi connectivity index (χ2n) is 8.35. The molecule has 0 N–H and O–H groups in total. The maximum atomic E-state index is 12.7. The van der Waals surface area contributed by atoms with E-state index >= 15 is 0 Å². The highest BCUT2D eigenvalue weighted by molar-refractivity contribution is 5.85. The zero-order valence-corrected chi connectivity index (χ0v) is 17.0. The highest BCUT2D eigenvalue weighted by Crippen LogP contribution is 2.33. The first-order valence-electron chi connectivity index (χ1n) is 9.70. The fourth-order valence-corrected chi connectivity index (χ4v) is 3.72. The van der Waals surface area contributed by atoms with Gasteiger partial charge in [-0.2, -0.15) is 0 Å². The van der Waals surface area contributed by atoms with Crippen LogP contribution in [-0.4, -0.2) is 34.3 Å². The van der Waals surface area contributed by atoms with Crippen molar-refractivity contribution in [2.45, 2.75) is 32.9 Å². The van der Waals surface area contributed by atoms with Crippen LogP contribution in [0.5, 0.6) is 0 Å². The number of carbonyl (C=O) groups excluding carboxylic acids is 1. The molecule has 0 unspecified atom stereocenters. The molecule has 5 nitrogen and oxygen atoms in total. The minimum absolute atomic E-state index is 0.261. The summed E-state index contributed by atoms with van der Waals surface area (Å²) < 4.78 is 7.74. The van der Waals surface area contributed by atoms with Crippen LogP contribution in [-0.2, 0) is 18.3 Å². The molecule has 0 radical (unpaired) electrons. The molecule has 146 valence electrons. The van der Waals surface area contributed by atoms with E-state index in [2.05, 4.69) is 65.2 Å². The Morgan fingerprint density at radius 1 is 1.04 bits per heavy atom. The Kier molecular flexibility index (Phi) is 4.53. The first-order valence-corrected chi connectivity index (χ1v) is 9.70. The van der Waals surface area contributed by atoms with Gasteiger partial charge in [-0.3, -0.25) is 0 Å². The molecule has 0 atom stereocenters. The summed E-state index contributed by atoms with van der Waals surface area (Å²) in [4.78, 5) is 16.8. The Morgan fingerprint density at radius 2 is 1.82 bits per heavy atom. The molecule has 0 saturated carbocycles. The van der Waals surface area contributed by atoms with Gasteiger partial charge < -0.3 is 19.1 Å². The molecule has 1 aliphatic heterocycles. The smallest absolute Gasteiger partial charge is 0.410 e. The molecule has 4 rings (SSSR count). The average molecular weight is 377 g/mol. The number of aryl methyl sites for hydroxylation is 1. The number of fused-ring (bicyclic) bond motifs is 2. The van der Waals surface area contributed by atoms with Gasteiger partial charge in [-0.15, -0.1) is 0 Å². The number of ether oxygens (including phenoxy) is 1. The van der Waals surface area contributed by atoms with E-state index in [1.54, 1.807) is 4.90 Å². The predicted molar refractivity (Wildman–Crippen MR) is 113 cm³/mol. The number of carbonyl (C=O) groups is 1. The van der Waals surface area contributed by atoms with Crippen LogP contribution in [0.1, 0.15) is 26.3 Å². The van der Waals surface area contributed by atoms with Crippen molar-refractivity contribution >= 4 is 28.4 Å². The molecule has 1 aromatic heterocycles. The van der Waals surface area contributed by atoms with Crippen molar-refractivity contribution in [2.75, 3.05) is 18.0 Å². The van der Waals surface area contributed by atoms with Crippen molar-refractivity contribution in [3.05, 3.63) is 60.3 Å². The lowest BCUT2D eigenvalue weighted by Gasteiger charge is -2.27. The van der Waals surface area contributed by atoms with Gasteiger partial charge in [0.15, 0.2) is 0 Å². The number of para-hydroxylation sites is 1. The van der Waals surface area contributed by atoms with Gasteiger partial charge in [0, 0.05) is 48.6 Å². The van der Waals surface area contributed by atoms with Crippen LogP contribution in [0.15, 0.2) is 54.7 Å². The molecule has 28 heavy (non-hydrogen) atoms. The van der Waals surface area contributed by atoms with Gasteiger partial charge >= 0.3 is 6.09 Å². The van der Waals surface area contributed by atoms with E-state index in [1.807, 2.05) is 26.8 Å². The maximum absolute atomic E-state index is 12.7. The zero-order chi connectivity index (χ0) is 19.9. The topological polar surface area (TPSA) is 37.7 Å². The van der Waals surface area contributed by atoms with Gasteiger partial charge in [-0.05, 0) is 56.7 Å². The Morgan fingerprint density at radius 3 is 2.61 bits per heavy atom. The number of benzene rings is 2. The summed E-state index contributed by atoms with van der Waals surface area (Å²) in [7, 11) is 2.06. The first-order chi connectivity index (χ1) is 13.3. The summed E-state index contributed by atoms with van der Waals surface area (Å²) in [6, 6.07) is 17.0. The monoisotopic (exact) mass is 377 g/mol. The lowest BCUT2D eigenvalue weighted by Crippen LogP contribution is -2.38. The lowest BCUT2D eigenvalue weighted by atomic mass is 10.1. The second kappa shape index (κ2) is 6.89. The third-order valence-corrected chi connectivity index (χ3v) is 5.07. The first kappa shape index (κ1) is 18.4. The quantitative estimate of drug-likeness (QED) is 0.594. The van der Waals surface area contributed by atoms with Crippen LogP contribution in [0.2, 0.25) is 0 Å². The summed E-state index contributed by atoms with van der Waals surface area (Å²) in [5.41, 5.74) is 4.11. The third kappa shape index (κ3) is 3.57. The number of aromatic nitrogens is 1. The Labute approximate surface area is 166 Å². The van der Waals surface area contributed by atoms with E-state index in [4.69, 9.17) is 4.74 Å². The van der Waals surface area contributed by atoms with Crippen LogP contribution in [0.3, 0.4) is 0 Å². The number of amides is 1. The number of rotatable bonds is 1. The molecule has 0 fully saturated rings. The van der Waals surface area contributed by atoms with E-state index in [-0.39, 0.29) is 6.09 Å². The molecular formula is C23H27N3O2. The molecule has 3 aromatic rings. The van der Waals surface area contributed by atoms with E-state index in [0.717, 1.165) is 16.9 Å². The van der Waals surface area contributed by atoms with Crippen molar-refractivity contribution in [1.29, 1.82) is 0 Å². The van der Waals surface area contributed by atoms with Gasteiger partial charge in [-0.1, -0.05) is 18.2 Å². The number of hydrogen-bond donors (Lipinski definition) is 0. The molecule has 1 amide bonds. The SMILES string of the molecule is Cn1ccc2cc(N3CCN(C(=O)OC(C)(C)C)Cc4ccccc43)ccc21. The molecule has 5 heteroatoms. The van der Waals surface area contributed by atoms with Gasteiger partial charge in [0.1, 0.15) is 5.60 Å². The van der Waals surface area contributed by atoms with E-state index < -0.39 is 5.60 Å². The highest BCUT2D eigenvalue weighted by Gasteiger charge is 2.27. The van der Waals surface area contributed by atoms with Crippen LogP contribution >= 0.6 is 0 Å². The Hall–Kier alpha value is -2.95. The average Bonchev–Trinajstić information content (AvgIpc) is 2.89. The van der Waals surface area contributed by atoms with Gasteiger partial charge in [0.2, 0.25) is 0 Å². The van der Waals surface area contributed by atoms with Crippen LogP contribution in [0.4, 0.5) is 16.2 Å². The van der Waals surface area contributed by atoms with Crippen molar-refractivity contribution in [2.24, 2.45) is 7.05 Å². The van der Waals surface area contributed by atoms with E-state index in [0.29, 0.717) is 19.6 Å². The van der Waals surface area contributed by atoms with Crippen molar-refractivity contribution in [3.63, 3.8) is 0 Å². The minimum atomic E-state index is -0.499. The van der Waals surface area contributed by atoms with E-state index in [1.165, 1.54) is 10.9 Å². The number of nitrogens with zero attached hydrogens (tertiary/aromatic N) is 3. The van der Waals surface area contributed by atoms with Crippen LogP contribution in [0.25, 0.3) is 10.9 Å².